The van der Waals surface area contributed by atoms with Gasteiger partial charge in [-0.3, -0.25) is 0 Å². The first-order chi connectivity index (χ1) is 7.22. The van der Waals surface area contributed by atoms with E-state index >= 15 is 0 Å². The van der Waals surface area contributed by atoms with Gasteiger partial charge in [-0.25, -0.2) is 0 Å². The average molecular weight is 209 g/mol. The molecule has 0 aromatic heterocycles. The molecule has 0 fully saturated rings. The molecule has 2 N–H and O–H groups in total. The van der Waals surface area contributed by atoms with Gasteiger partial charge in [-0.05, 0) is 32.4 Å². The number of rotatable bonds is 6. The minimum absolute atomic E-state index is 0.257. The predicted octanol–water partition coefficient (Wildman–Crippen LogP) is 2.27. The van der Waals surface area contributed by atoms with Crippen LogP contribution >= 0.6 is 0 Å². The first-order valence-corrected chi connectivity index (χ1v) is 5.37. The van der Waals surface area contributed by atoms with Crippen molar-refractivity contribution in [3.05, 3.63) is 24.3 Å². The van der Waals surface area contributed by atoms with E-state index in [4.69, 9.17) is 9.84 Å². The van der Waals surface area contributed by atoms with Crippen LogP contribution in [-0.4, -0.2) is 24.4 Å². The Hall–Kier alpha value is -1.22. The Bertz CT molecular complexity index is 287. The summed E-state index contributed by atoms with van der Waals surface area (Å²) in [4.78, 5) is 0. The molecule has 0 heterocycles. The maximum atomic E-state index is 9.10. The van der Waals surface area contributed by atoms with E-state index in [-0.39, 0.29) is 6.10 Å². The molecule has 1 aromatic carbocycles. The summed E-state index contributed by atoms with van der Waals surface area (Å²) < 4.78 is 5.38. The van der Waals surface area contributed by atoms with Gasteiger partial charge in [0.1, 0.15) is 5.75 Å². The molecule has 0 spiro atoms. The highest BCUT2D eigenvalue weighted by Crippen LogP contribution is 2.17. The van der Waals surface area contributed by atoms with Crippen LogP contribution in [0.15, 0.2) is 24.3 Å². The fourth-order valence-corrected chi connectivity index (χ4v) is 1.29. The van der Waals surface area contributed by atoms with Crippen molar-refractivity contribution >= 4 is 5.69 Å². The van der Waals surface area contributed by atoms with Gasteiger partial charge >= 0.3 is 0 Å². The third-order valence-electron chi connectivity index (χ3n) is 2.04. The van der Waals surface area contributed by atoms with Gasteiger partial charge in [-0.2, -0.15) is 0 Å². The molecule has 0 aliphatic heterocycles. The van der Waals surface area contributed by atoms with Crippen LogP contribution in [-0.2, 0) is 0 Å². The smallest absolute Gasteiger partial charge is 0.121 e. The summed E-state index contributed by atoms with van der Waals surface area (Å²) in [5.41, 5.74) is 1.03. The van der Waals surface area contributed by atoms with Gasteiger partial charge in [0.15, 0.2) is 0 Å². The zero-order valence-corrected chi connectivity index (χ0v) is 9.36. The Labute approximate surface area is 91.1 Å². The van der Waals surface area contributed by atoms with Crippen LogP contribution in [0.1, 0.15) is 20.3 Å². The molecule has 15 heavy (non-hydrogen) atoms. The third-order valence-corrected chi connectivity index (χ3v) is 2.04. The number of hydrogen-bond donors (Lipinski definition) is 2. The summed E-state index contributed by atoms with van der Waals surface area (Å²) in [5, 5.41) is 12.3. The van der Waals surface area contributed by atoms with E-state index in [9.17, 15) is 0 Å². The summed E-state index contributed by atoms with van der Waals surface area (Å²) in [5.74, 6) is 0.875. The number of aliphatic hydroxyl groups is 1. The number of nitrogens with one attached hydrogen (secondary N) is 1. The fraction of sp³-hybridized carbons (Fsp3) is 0.500. The minimum atomic E-state index is -0.257. The maximum Gasteiger partial charge on any atom is 0.121 e. The van der Waals surface area contributed by atoms with E-state index in [2.05, 4.69) is 5.32 Å². The molecule has 1 rings (SSSR count). The molecule has 84 valence electrons. The molecule has 0 bridgehead atoms. The predicted molar refractivity (Wildman–Crippen MR) is 62.4 cm³/mol. The summed E-state index contributed by atoms with van der Waals surface area (Å²) in [6, 6.07) is 7.84. The average Bonchev–Trinajstić information content (AvgIpc) is 2.18. The third kappa shape index (κ3) is 4.70. The van der Waals surface area contributed by atoms with Gasteiger partial charge in [0.05, 0.1) is 12.7 Å². The number of aliphatic hydroxyl groups excluding tert-OH is 1. The van der Waals surface area contributed by atoms with Crippen LogP contribution in [0, 0.1) is 0 Å². The quantitative estimate of drug-likeness (QED) is 0.755. The number of ether oxygens (including phenoxy) is 1. The summed E-state index contributed by atoms with van der Waals surface area (Å²) in [6.45, 7) is 5.20. The molecule has 1 aromatic rings. The summed E-state index contributed by atoms with van der Waals surface area (Å²) in [6.07, 6.45) is 0.492. The molecule has 3 nitrogen and oxygen atoms in total. The summed E-state index contributed by atoms with van der Waals surface area (Å²) in [7, 11) is 0. The van der Waals surface area contributed by atoms with E-state index in [0.29, 0.717) is 6.61 Å². The molecule has 1 atom stereocenters. The Morgan fingerprint density at radius 1 is 1.47 bits per heavy atom. The Kier molecular flexibility index (Phi) is 4.98. The van der Waals surface area contributed by atoms with Crippen molar-refractivity contribution in [2.45, 2.75) is 26.4 Å². The van der Waals surface area contributed by atoms with Crippen LogP contribution < -0.4 is 10.1 Å². The van der Waals surface area contributed by atoms with Crippen LogP contribution in [0.3, 0.4) is 0 Å². The zero-order valence-electron chi connectivity index (χ0n) is 9.36. The van der Waals surface area contributed by atoms with Crippen LogP contribution in [0.4, 0.5) is 5.69 Å². The molecule has 1 unspecified atom stereocenters. The molecule has 0 radical (unpaired) electrons. The van der Waals surface area contributed by atoms with Gasteiger partial charge in [-0.15, -0.1) is 0 Å². The largest absolute Gasteiger partial charge is 0.494 e. The highest BCUT2D eigenvalue weighted by molar-refractivity contribution is 5.48. The van der Waals surface area contributed by atoms with Crippen molar-refractivity contribution in [3.8, 4) is 5.75 Å². The second-order valence-electron chi connectivity index (χ2n) is 3.53. The van der Waals surface area contributed by atoms with Crippen molar-refractivity contribution in [3.63, 3.8) is 0 Å². The van der Waals surface area contributed by atoms with Crippen LogP contribution in [0.2, 0.25) is 0 Å². The second kappa shape index (κ2) is 6.30. The number of hydrogen-bond acceptors (Lipinski definition) is 3. The first-order valence-electron chi connectivity index (χ1n) is 5.37. The molecule has 3 heteroatoms. The molecule has 0 saturated heterocycles. The monoisotopic (exact) mass is 209 g/mol. The van der Waals surface area contributed by atoms with Gasteiger partial charge in [0, 0.05) is 18.3 Å². The molecule has 0 amide bonds. The number of anilines is 1. The normalized spacial score (nSPS) is 12.2. The molecular weight excluding hydrogens is 190 g/mol. The molecule has 0 aliphatic rings. The van der Waals surface area contributed by atoms with Crippen LogP contribution in [0.5, 0.6) is 5.75 Å². The molecule has 0 saturated carbocycles. The van der Waals surface area contributed by atoms with E-state index in [1.54, 1.807) is 6.92 Å². The standard InChI is InChI=1S/C12H19NO2/c1-3-15-12-6-4-5-11(9-12)13-8-7-10(2)14/h4-6,9-10,13-14H,3,7-8H2,1-2H3. The van der Waals surface area contributed by atoms with Crippen molar-refractivity contribution < 1.29 is 9.84 Å². The van der Waals surface area contributed by atoms with Crippen molar-refractivity contribution in [2.24, 2.45) is 0 Å². The Morgan fingerprint density at radius 2 is 2.27 bits per heavy atom. The van der Waals surface area contributed by atoms with Gasteiger partial charge < -0.3 is 15.2 Å². The topological polar surface area (TPSA) is 41.5 Å². The fourth-order valence-electron chi connectivity index (χ4n) is 1.29. The lowest BCUT2D eigenvalue weighted by Gasteiger charge is -2.09. The van der Waals surface area contributed by atoms with Gasteiger partial charge in [-0.1, -0.05) is 6.07 Å². The minimum Gasteiger partial charge on any atom is -0.494 e. The van der Waals surface area contributed by atoms with E-state index in [0.717, 1.165) is 24.4 Å². The van der Waals surface area contributed by atoms with Crippen LogP contribution in [0.25, 0.3) is 0 Å². The lowest BCUT2D eigenvalue weighted by atomic mass is 10.2. The van der Waals surface area contributed by atoms with Gasteiger partial charge in [0.25, 0.3) is 0 Å². The van der Waals surface area contributed by atoms with E-state index in [1.165, 1.54) is 0 Å². The molecular formula is C12H19NO2. The molecule has 0 aliphatic carbocycles. The van der Waals surface area contributed by atoms with Crippen molar-refractivity contribution in [1.29, 1.82) is 0 Å². The summed E-state index contributed by atoms with van der Waals surface area (Å²) >= 11 is 0. The maximum absolute atomic E-state index is 9.10. The van der Waals surface area contributed by atoms with Gasteiger partial charge in [0.2, 0.25) is 0 Å². The van der Waals surface area contributed by atoms with E-state index in [1.807, 2.05) is 31.2 Å². The zero-order chi connectivity index (χ0) is 11.1. The Morgan fingerprint density at radius 3 is 2.93 bits per heavy atom. The van der Waals surface area contributed by atoms with Crippen molar-refractivity contribution in [2.75, 3.05) is 18.5 Å². The lowest BCUT2D eigenvalue weighted by molar-refractivity contribution is 0.189. The number of benzene rings is 1. The first kappa shape index (κ1) is 11.9. The SMILES string of the molecule is CCOc1cccc(NCCC(C)O)c1. The van der Waals surface area contributed by atoms with E-state index < -0.39 is 0 Å². The second-order valence-corrected chi connectivity index (χ2v) is 3.53. The Balaban J connectivity index is 2.43. The lowest BCUT2D eigenvalue weighted by Crippen LogP contribution is -2.09. The highest BCUT2D eigenvalue weighted by Gasteiger charge is 1.97. The van der Waals surface area contributed by atoms with Crippen molar-refractivity contribution in [1.82, 2.24) is 0 Å². The highest BCUT2D eigenvalue weighted by atomic mass is 16.5.